The summed E-state index contributed by atoms with van der Waals surface area (Å²) in [4.78, 5) is 4.88. The summed E-state index contributed by atoms with van der Waals surface area (Å²) in [5.41, 5.74) is 3.64. The summed E-state index contributed by atoms with van der Waals surface area (Å²) in [7, 11) is 4.31. The third-order valence-electron chi connectivity index (χ3n) is 8.63. The average Bonchev–Trinajstić information content (AvgIpc) is 3.43. The van der Waals surface area contributed by atoms with Crippen LogP contribution in [0, 0.1) is 23.2 Å². The lowest BCUT2D eigenvalue weighted by molar-refractivity contribution is 0.0942. The van der Waals surface area contributed by atoms with Gasteiger partial charge in [0.05, 0.1) is 18.2 Å². The van der Waals surface area contributed by atoms with Crippen molar-refractivity contribution in [3.05, 3.63) is 64.2 Å². The van der Waals surface area contributed by atoms with Crippen molar-refractivity contribution in [2.24, 2.45) is 11.8 Å². The van der Waals surface area contributed by atoms with Gasteiger partial charge in [0.1, 0.15) is 5.75 Å². The van der Waals surface area contributed by atoms with E-state index in [4.69, 9.17) is 21.6 Å². The topological polar surface area (TPSA) is 39.5 Å². The molecule has 0 radical (unpaired) electrons. The van der Waals surface area contributed by atoms with Crippen LogP contribution in [0.4, 0.5) is 0 Å². The number of nitrogens with zero attached hydrogens (tertiary/aromatic N) is 3. The Kier molecular flexibility index (Phi) is 9.34. The van der Waals surface area contributed by atoms with Gasteiger partial charge in [-0.3, -0.25) is 0 Å². The fourth-order valence-electron chi connectivity index (χ4n) is 6.77. The lowest BCUT2D eigenvalue weighted by Crippen LogP contribution is -2.46. The molecule has 2 aromatic carbocycles. The Morgan fingerprint density at radius 1 is 1.03 bits per heavy atom. The number of nitriles is 1. The summed E-state index contributed by atoms with van der Waals surface area (Å²) in [6, 6.07) is 16.1. The van der Waals surface area contributed by atoms with E-state index in [-0.39, 0.29) is 5.41 Å². The lowest BCUT2D eigenvalue weighted by atomic mass is 9.59. The first-order chi connectivity index (χ1) is 17.4. The Hall–Kier alpha value is -2.06. The zero-order chi connectivity index (χ0) is 25.5. The van der Waals surface area contributed by atoms with Gasteiger partial charge >= 0.3 is 0 Å². The van der Waals surface area contributed by atoms with Crippen LogP contribution in [-0.2, 0) is 12.0 Å². The molecule has 0 N–H and O–H groups in total. The number of ether oxygens (including phenoxy) is 1. The first-order valence-electron chi connectivity index (χ1n) is 13.7. The van der Waals surface area contributed by atoms with Crippen molar-refractivity contribution in [3.63, 3.8) is 0 Å². The number of benzene rings is 2. The number of halogens is 1. The quantitative estimate of drug-likeness (QED) is 0.328. The van der Waals surface area contributed by atoms with E-state index in [1.807, 2.05) is 24.3 Å². The number of piperidine rings is 1. The molecule has 1 saturated carbocycles. The van der Waals surface area contributed by atoms with Crippen LogP contribution in [0.2, 0.25) is 5.02 Å². The second-order valence-electron chi connectivity index (χ2n) is 11.2. The molecule has 4 nitrogen and oxygen atoms in total. The van der Waals surface area contributed by atoms with E-state index in [0.29, 0.717) is 18.1 Å². The van der Waals surface area contributed by atoms with Gasteiger partial charge in [-0.05, 0) is 113 Å². The second kappa shape index (κ2) is 12.5. The smallest absolute Gasteiger partial charge is 0.119 e. The van der Waals surface area contributed by atoms with Crippen LogP contribution in [-0.4, -0.2) is 50.1 Å². The number of hydrogen-bond donors (Lipinski definition) is 0. The third-order valence-corrected chi connectivity index (χ3v) is 8.95. The Balaban J connectivity index is 1.39. The average molecular weight is 508 g/mol. The van der Waals surface area contributed by atoms with Crippen molar-refractivity contribution in [2.75, 3.05) is 40.3 Å². The standard InChI is InChI=1S/C31H42ClN3O/c1-31(26-9-4-5-10-26,30-25(23-34(2)3)8-6-11-29(30)32)27-16-19-35(20-17-27)18-7-21-36-28-14-12-24(22-33)13-15-28/h6,8,11-15,26-27H,4-5,7,9-10,16-21,23H2,1-3H3. The maximum absolute atomic E-state index is 8.94. The number of rotatable bonds is 10. The zero-order valence-electron chi connectivity index (χ0n) is 22.3. The van der Waals surface area contributed by atoms with Crippen LogP contribution in [0.15, 0.2) is 42.5 Å². The predicted molar refractivity (Wildman–Crippen MR) is 149 cm³/mol. The highest BCUT2D eigenvalue weighted by molar-refractivity contribution is 6.31. The van der Waals surface area contributed by atoms with E-state index in [9.17, 15) is 0 Å². The Labute approximate surface area is 223 Å². The van der Waals surface area contributed by atoms with Crippen LogP contribution < -0.4 is 4.74 Å². The second-order valence-corrected chi connectivity index (χ2v) is 11.6. The van der Waals surface area contributed by atoms with E-state index in [1.54, 1.807) is 0 Å². The molecule has 1 saturated heterocycles. The zero-order valence-corrected chi connectivity index (χ0v) is 23.1. The minimum atomic E-state index is 0.130. The first-order valence-corrected chi connectivity index (χ1v) is 14.1. The van der Waals surface area contributed by atoms with Crippen molar-refractivity contribution < 1.29 is 4.74 Å². The molecular weight excluding hydrogens is 466 g/mol. The van der Waals surface area contributed by atoms with Crippen LogP contribution in [0.25, 0.3) is 0 Å². The largest absolute Gasteiger partial charge is 0.494 e. The third kappa shape index (κ3) is 6.25. The molecular formula is C31H42ClN3O. The van der Waals surface area contributed by atoms with Crippen LogP contribution >= 0.6 is 11.6 Å². The molecule has 0 bridgehead atoms. The Morgan fingerprint density at radius 2 is 1.69 bits per heavy atom. The van der Waals surface area contributed by atoms with Gasteiger partial charge in [-0.25, -0.2) is 0 Å². The van der Waals surface area contributed by atoms with E-state index in [2.05, 4.69) is 55.1 Å². The van der Waals surface area contributed by atoms with Crippen molar-refractivity contribution in [2.45, 2.75) is 63.8 Å². The van der Waals surface area contributed by atoms with Gasteiger partial charge < -0.3 is 14.5 Å². The first kappa shape index (κ1) is 27.0. The van der Waals surface area contributed by atoms with Gasteiger partial charge in [0.2, 0.25) is 0 Å². The summed E-state index contributed by atoms with van der Waals surface area (Å²) < 4.78 is 5.90. The summed E-state index contributed by atoms with van der Waals surface area (Å²) >= 11 is 7.02. The summed E-state index contributed by atoms with van der Waals surface area (Å²) in [5, 5.41) is 9.90. The van der Waals surface area contributed by atoms with Gasteiger partial charge in [0, 0.05) is 23.5 Å². The van der Waals surface area contributed by atoms with Crippen molar-refractivity contribution in [3.8, 4) is 11.8 Å². The maximum Gasteiger partial charge on any atom is 0.119 e. The highest BCUT2D eigenvalue weighted by Crippen LogP contribution is 2.52. The summed E-state index contributed by atoms with van der Waals surface area (Å²) in [6.07, 6.45) is 8.85. The SMILES string of the molecule is CN(C)Cc1cccc(Cl)c1C(C)(C1CCCC1)C1CCN(CCCOc2ccc(C#N)cc2)CC1. The highest BCUT2D eigenvalue weighted by Gasteiger charge is 2.46. The maximum atomic E-state index is 8.94. The normalized spacial score (nSPS) is 19.3. The lowest BCUT2D eigenvalue weighted by Gasteiger charge is -2.48. The molecule has 2 aliphatic rings. The molecule has 1 unspecified atom stereocenters. The van der Waals surface area contributed by atoms with Crippen molar-refractivity contribution in [1.29, 1.82) is 5.26 Å². The van der Waals surface area contributed by atoms with Crippen molar-refractivity contribution in [1.82, 2.24) is 9.80 Å². The van der Waals surface area contributed by atoms with E-state index < -0.39 is 0 Å². The summed E-state index contributed by atoms with van der Waals surface area (Å²) in [5.74, 6) is 2.22. The van der Waals surface area contributed by atoms with Gasteiger partial charge in [-0.1, -0.05) is 43.5 Å². The minimum absolute atomic E-state index is 0.130. The number of hydrogen-bond acceptors (Lipinski definition) is 4. The molecule has 4 rings (SSSR count). The van der Waals surface area contributed by atoms with Gasteiger partial charge in [0.15, 0.2) is 0 Å². The molecule has 0 spiro atoms. The molecule has 5 heteroatoms. The predicted octanol–water partition coefficient (Wildman–Crippen LogP) is 6.90. The Bertz CT molecular complexity index is 1020. The molecule has 1 aliphatic carbocycles. The van der Waals surface area contributed by atoms with Gasteiger partial charge in [0.25, 0.3) is 0 Å². The molecule has 194 valence electrons. The molecule has 2 fully saturated rings. The Morgan fingerprint density at radius 3 is 2.33 bits per heavy atom. The van der Waals surface area contributed by atoms with E-state index in [0.717, 1.165) is 49.3 Å². The molecule has 1 atom stereocenters. The molecule has 1 heterocycles. The van der Waals surface area contributed by atoms with Crippen LogP contribution in [0.5, 0.6) is 5.75 Å². The fourth-order valence-corrected chi connectivity index (χ4v) is 7.17. The molecule has 2 aromatic rings. The van der Waals surface area contributed by atoms with Crippen molar-refractivity contribution >= 4 is 11.6 Å². The summed E-state index contributed by atoms with van der Waals surface area (Å²) in [6.45, 7) is 7.57. The van der Waals surface area contributed by atoms with E-state index >= 15 is 0 Å². The van der Waals surface area contributed by atoms with Gasteiger partial charge in [-0.15, -0.1) is 0 Å². The molecule has 0 aromatic heterocycles. The molecule has 0 amide bonds. The highest BCUT2D eigenvalue weighted by atomic mass is 35.5. The van der Waals surface area contributed by atoms with Crippen LogP contribution in [0.1, 0.15) is 68.6 Å². The van der Waals surface area contributed by atoms with E-state index in [1.165, 1.54) is 49.7 Å². The molecule has 1 aliphatic heterocycles. The van der Waals surface area contributed by atoms with Gasteiger partial charge in [-0.2, -0.15) is 5.26 Å². The number of likely N-dealkylation sites (tertiary alicyclic amines) is 1. The monoisotopic (exact) mass is 507 g/mol. The van der Waals surface area contributed by atoms with Crippen LogP contribution in [0.3, 0.4) is 0 Å². The fraction of sp³-hybridized carbons (Fsp3) is 0.581. The minimum Gasteiger partial charge on any atom is -0.494 e. The molecule has 36 heavy (non-hydrogen) atoms.